The summed E-state index contributed by atoms with van der Waals surface area (Å²) >= 11 is 3.39. The molecule has 0 radical (unpaired) electrons. The van der Waals surface area contributed by atoms with Gasteiger partial charge in [0.2, 0.25) is 18.2 Å². The lowest BCUT2D eigenvalue weighted by molar-refractivity contribution is -0.126. The van der Waals surface area contributed by atoms with Gasteiger partial charge >= 0.3 is 0 Å². The van der Waals surface area contributed by atoms with Gasteiger partial charge in [-0.1, -0.05) is 39.0 Å². The van der Waals surface area contributed by atoms with Gasteiger partial charge in [0, 0.05) is 29.3 Å². The van der Waals surface area contributed by atoms with Gasteiger partial charge in [0.25, 0.3) is 0 Å². The highest BCUT2D eigenvalue weighted by Gasteiger charge is 2.27. The second kappa shape index (κ2) is 15.3. The maximum atomic E-state index is 11.3. The van der Waals surface area contributed by atoms with Crippen molar-refractivity contribution in [3.05, 3.63) is 34.7 Å². The van der Waals surface area contributed by atoms with Gasteiger partial charge in [0.05, 0.1) is 18.3 Å². The number of aromatic nitrogens is 2. The Hall–Kier alpha value is -2.75. The van der Waals surface area contributed by atoms with Gasteiger partial charge in [-0.05, 0) is 53.7 Å². The van der Waals surface area contributed by atoms with Crippen LogP contribution in [0.4, 0.5) is 0 Å². The van der Waals surface area contributed by atoms with E-state index in [1.807, 2.05) is 35.9 Å². The second-order valence-corrected chi connectivity index (χ2v) is 9.98. The molecule has 35 heavy (non-hydrogen) atoms. The number of aryl methyl sites for hydroxylation is 1. The van der Waals surface area contributed by atoms with Crippen LogP contribution in [0.1, 0.15) is 57.6 Å². The molecular formula is C25H36BrN5O4. The largest absolute Gasteiger partial charge is 0.356 e. The molecule has 3 amide bonds. The SMILES string of the molecule is CC1CCCCC1.Cc1cn2cc(Br)ccc2n1.O=CNCC(=O)NC(C=O)CC1CCNC1=O. The lowest BCUT2D eigenvalue weighted by Gasteiger charge is -2.15. The summed E-state index contributed by atoms with van der Waals surface area (Å²) in [6.07, 6.45) is 13.4. The summed E-state index contributed by atoms with van der Waals surface area (Å²) < 4.78 is 3.07. The molecule has 0 spiro atoms. The monoisotopic (exact) mass is 549 g/mol. The van der Waals surface area contributed by atoms with E-state index in [0.29, 0.717) is 32.1 Å². The number of nitrogens with zero attached hydrogens (tertiary/aromatic N) is 2. The van der Waals surface area contributed by atoms with Crippen molar-refractivity contribution in [3.63, 3.8) is 0 Å². The van der Waals surface area contributed by atoms with Crippen molar-refractivity contribution in [2.24, 2.45) is 11.8 Å². The van der Waals surface area contributed by atoms with Gasteiger partial charge in [0.1, 0.15) is 11.9 Å². The van der Waals surface area contributed by atoms with Crippen LogP contribution in [0.15, 0.2) is 29.0 Å². The summed E-state index contributed by atoms with van der Waals surface area (Å²) in [5.41, 5.74) is 2.04. The number of hydrogen-bond donors (Lipinski definition) is 3. The fourth-order valence-corrected chi connectivity index (χ4v) is 4.47. The van der Waals surface area contributed by atoms with Crippen LogP contribution in [0.5, 0.6) is 0 Å². The Bertz CT molecular complexity index is 974. The average molecular weight is 550 g/mol. The van der Waals surface area contributed by atoms with E-state index in [1.54, 1.807) is 0 Å². The van der Waals surface area contributed by atoms with Crippen molar-refractivity contribution in [2.75, 3.05) is 13.1 Å². The molecule has 0 bridgehead atoms. The normalized spacial score (nSPS) is 18.3. The van der Waals surface area contributed by atoms with Gasteiger partial charge in [-0.3, -0.25) is 14.4 Å². The fourth-order valence-electron chi connectivity index (χ4n) is 4.12. The Balaban J connectivity index is 0.000000203. The molecule has 2 aromatic heterocycles. The lowest BCUT2D eigenvalue weighted by atomic mass is 9.91. The highest BCUT2D eigenvalue weighted by atomic mass is 79.9. The quantitative estimate of drug-likeness (QED) is 0.458. The van der Waals surface area contributed by atoms with Gasteiger partial charge in [-0.2, -0.15) is 0 Å². The summed E-state index contributed by atoms with van der Waals surface area (Å²) in [6.45, 7) is 4.78. The van der Waals surface area contributed by atoms with Gasteiger partial charge in [-0.25, -0.2) is 4.98 Å². The van der Waals surface area contributed by atoms with Crippen LogP contribution in [0.3, 0.4) is 0 Å². The van der Waals surface area contributed by atoms with E-state index in [9.17, 15) is 19.2 Å². The molecule has 192 valence electrons. The molecule has 3 N–H and O–H groups in total. The van der Waals surface area contributed by atoms with Crippen LogP contribution in [0.2, 0.25) is 0 Å². The zero-order valence-electron chi connectivity index (χ0n) is 20.5. The molecule has 1 aliphatic carbocycles. The van der Waals surface area contributed by atoms with E-state index >= 15 is 0 Å². The number of halogens is 1. The van der Waals surface area contributed by atoms with Crippen molar-refractivity contribution in [1.82, 2.24) is 25.3 Å². The molecule has 2 atom stereocenters. The molecule has 1 saturated heterocycles. The van der Waals surface area contributed by atoms with E-state index in [4.69, 9.17) is 0 Å². The number of imidazole rings is 1. The minimum atomic E-state index is -0.690. The molecule has 4 rings (SSSR count). The predicted molar refractivity (Wildman–Crippen MR) is 138 cm³/mol. The zero-order valence-corrected chi connectivity index (χ0v) is 22.1. The van der Waals surface area contributed by atoms with Crippen LogP contribution >= 0.6 is 15.9 Å². The van der Waals surface area contributed by atoms with Crippen molar-refractivity contribution in [2.45, 2.75) is 64.8 Å². The van der Waals surface area contributed by atoms with E-state index < -0.39 is 11.9 Å². The van der Waals surface area contributed by atoms with Gasteiger partial charge in [-0.15, -0.1) is 0 Å². The Morgan fingerprint density at radius 1 is 1.23 bits per heavy atom. The summed E-state index contributed by atoms with van der Waals surface area (Å²) in [6, 6.07) is 3.28. The number of carbonyl (C=O) groups is 4. The molecule has 10 heteroatoms. The number of aldehydes is 1. The third-order valence-corrected chi connectivity index (χ3v) is 6.46. The van der Waals surface area contributed by atoms with Crippen LogP contribution in [0, 0.1) is 18.8 Å². The first kappa shape index (κ1) is 28.5. The summed E-state index contributed by atoms with van der Waals surface area (Å²) in [5.74, 6) is 0.267. The first-order valence-corrected chi connectivity index (χ1v) is 12.9. The van der Waals surface area contributed by atoms with Gasteiger partial charge in [0.15, 0.2) is 0 Å². The summed E-state index contributed by atoms with van der Waals surface area (Å²) in [5, 5.41) is 7.29. The number of pyridine rings is 1. The molecule has 2 fully saturated rings. The van der Waals surface area contributed by atoms with Crippen molar-refractivity contribution >= 4 is 46.1 Å². The first-order valence-electron chi connectivity index (χ1n) is 12.1. The number of nitrogens with one attached hydrogen (secondary N) is 3. The predicted octanol–water partition coefficient (Wildman–Crippen LogP) is 2.93. The minimum Gasteiger partial charge on any atom is -0.356 e. The first-order chi connectivity index (χ1) is 16.8. The van der Waals surface area contributed by atoms with Gasteiger partial charge < -0.3 is 25.1 Å². The van der Waals surface area contributed by atoms with Crippen molar-refractivity contribution in [3.8, 4) is 0 Å². The smallest absolute Gasteiger partial charge is 0.239 e. The molecule has 1 saturated carbocycles. The zero-order chi connectivity index (χ0) is 25.6. The Morgan fingerprint density at radius 3 is 2.54 bits per heavy atom. The molecule has 2 unspecified atom stereocenters. The number of amides is 3. The fraction of sp³-hybridized carbons (Fsp3) is 0.560. The molecule has 3 heterocycles. The third kappa shape index (κ3) is 10.6. The molecule has 0 aromatic carbocycles. The summed E-state index contributed by atoms with van der Waals surface area (Å²) in [4.78, 5) is 47.6. The van der Waals surface area contributed by atoms with E-state index in [1.165, 1.54) is 32.1 Å². The number of fused-ring (bicyclic) bond motifs is 1. The van der Waals surface area contributed by atoms with E-state index in [0.717, 1.165) is 21.7 Å². The molecule has 9 nitrogen and oxygen atoms in total. The standard InChI is InChI=1S/C10H15N3O4.C8H7BrN2.C7H14/c14-5-8(13-9(16)4-11-6-15)3-7-1-2-12-10(7)17;1-6-4-11-5-7(9)2-3-8(11)10-6;1-7-5-3-2-4-6-7/h5-8H,1-4H2,(H,11,15)(H,12,17)(H,13,16);2-5H,1H3;7H,2-6H2,1H3. The number of carbonyl (C=O) groups excluding carboxylic acids is 4. The molecule has 1 aliphatic heterocycles. The Labute approximate surface area is 215 Å². The second-order valence-electron chi connectivity index (χ2n) is 9.06. The van der Waals surface area contributed by atoms with Crippen LogP contribution in [-0.4, -0.2) is 53.0 Å². The van der Waals surface area contributed by atoms with E-state index in [-0.39, 0.29) is 18.4 Å². The van der Waals surface area contributed by atoms with Crippen molar-refractivity contribution < 1.29 is 19.2 Å². The molecular weight excluding hydrogens is 514 g/mol. The van der Waals surface area contributed by atoms with Crippen LogP contribution in [-0.2, 0) is 19.2 Å². The van der Waals surface area contributed by atoms with Crippen molar-refractivity contribution in [1.29, 1.82) is 0 Å². The minimum absolute atomic E-state index is 0.0860. The van der Waals surface area contributed by atoms with E-state index in [2.05, 4.69) is 43.8 Å². The maximum Gasteiger partial charge on any atom is 0.239 e. The molecule has 2 aliphatic rings. The highest BCUT2D eigenvalue weighted by molar-refractivity contribution is 9.10. The third-order valence-electron chi connectivity index (χ3n) is 5.99. The average Bonchev–Trinajstić information content (AvgIpc) is 3.42. The number of rotatable bonds is 7. The van der Waals surface area contributed by atoms with Crippen LogP contribution < -0.4 is 16.0 Å². The molecule has 2 aromatic rings. The topological polar surface area (TPSA) is 122 Å². The van der Waals surface area contributed by atoms with Crippen LogP contribution in [0.25, 0.3) is 5.65 Å². The lowest BCUT2D eigenvalue weighted by Crippen LogP contribution is -2.42. The number of hydrogen-bond acceptors (Lipinski definition) is 5. The highest BCUT2D eigenvalue weighted by Crippen LogP contribution is 2.22. The summed E-state index contributed by atoms with van der Waals surface area (Å²) in [7, 11) is 0. The Morgan fingerprint density at radius 2 is 1.97 bits per heavy atom. The Kier molecular flexibility index (Phi) is 12.4. The maximum absolute atomic E-state index is 11.3.